The molecule has 0 radical (unpaired) electrons. The van der Waals surface area contributed by atoms with Crippen molar-refractivity contribution in [2.45, 2.75) is 19.5 Å². The zero-order valence-corrected chi connectivity index (χ0v) is 26.7. The molecule has 0 bridgehead atoms. The molecule has 0 saturated heterocycles. The van der Waals surface area contributed by atoms with Crippen LogP contribution in [0.2, 0.25) is 0 Å². The monoisotopic (exact) mass is 595 g/mol. The van der Waals surface area contributed by atoms with Crippen LogP contribution in [-0.2, 0) is 6.54 Å². The molecule has 0 aliphatic rings. The lowest BCUT2D eigenvalue weighted by Gasteiger charge is -2.29. The average Bonchev–Trinajstić information content (AvgIpc) is 3.09. The summed E-state index contributed by atoms with van der Waals surface area (Å²) < 4.78 is 12.1. The third kappa shape index (κ3) is 5.99. The summed E-state index contributed by atoms with van der Waals surface area (Å²) in [5.41, 5.74) is 4.90. The van der Waals surface area contributed by atoms with E-state index in [0.717, 1.165) is 23.6 Å². The SMILES string of the molecule is COc1cc(OC)c(-c2c(CN(C)[C@H](C)c3ccccc3)ccc3ccccc23)c(P(c2ccccc2)c2ccccc2)c1. The van der Waals surface area contributed by atoms with E-state index < -0.39 is 7.92 Å². The molecule has 0 aromatic heterocycles. The van der Waals surface area contributed by atoms with E-state index in [1.807, 2.05) is 6.07 Å². The average molecular weight is 596 g/mol. The predicted molar refractivity (Wildman–Crippen MR) is 188 cm³/mol. The molecule has 1 atom stereocenters. The molecular formula is C40H38NO2P. The molecule has 0 amide bonds. The normalized spacial score (nSPS) is 12.0. The van der Waals surface area contributed by atoms with E-state index in [4.69, 9.17) is 9.47 Å². The van der Waals surface area contributed by atoms with Crippen LogP contribution in [0.1, 0.15) is 24.1 Å². The first-order valence-corrected chi connectivity index (χ1v) is 16.4. The Hall–Kier alpha value is -4.43. The Morgan fingerprint density at radius 3 is 1.84 bits per heavy atom. The highest BCUT2D eigenvalue weighted by Gasteiger charge is 2.27. The summed E-state index contributed by atoms with van der Waals surface area (Å²) in [4.78, 5) is 2.43. The quantitative estimate of drug-likeness (QED) is 0.148. The van der Waals surface area contributed by atoms with E-state index in [9.17, 15) is 0 Å². The van der Waals surface area contributed by atoms with Crippen LogP contribution in [0.15, 0.2) is 140 Å². The fourth-order valence-electron chi connectivity index (χ4n) is 6.00. The number of benzene rings is 6. The van der Waals surface area contributed by atoms with Crippen molar-refractivity contribution in [1.82, 2.24) is 4.90 Å². The molecule has 220 valence electrons. The van der Waals surface area contributed by atoms with Crippen LogP contribution >= 0.6 is 7.92 Å². The van der Waals surface area contributed by atoms with Gasteiger partial charge in [-0.15, -0.1) is 0 Å². The summed E-state index contributed by atoms with van der Waals surface area (Å²) in [5.74, 6) is 1.60. The summed E-state index contributed by atoms with van der Waals surface area (Å²) >= 11 is 0. The van der Waals surface area contributed by atoms with Crippen molar-refractivity contribution in [2.24, 2.45) is 0 Å². The van der Waals surface area contributed by atoms with Crippen LogP contribution in [0.25, 0.3) is 21.9 Å². The third-order valence-corrected chi connectivity index (χ3v) is 10.9. The van der Waals surface area contributed by atoms with Crippen molar-refractivity contribution in [1.29, 1.82) is 0 Å². The van der Waals surface area contributed by atoms with Crippen molar-refractivity contribution in [2.75, 3.05) is 21.3 Å². The summed E-state index contributed by atoms with van der Waals surface area (Å²) in [6.07, 6.45) is 0. The van der Waals surface area contributed by atoms with Gasteiger partial charge in [-0.1, -0.05) is 127 Å². The van der Waals surface area contributed by atoms with E-state index in [0.29, 0.717) is 0 Å². The van der Waals surface area contributed by atoms with Crippen LogP contribution < -0.4 is 25.4 Å². The molecule has 0 heterocycles. The number of rotatable bonds is 10. The van der Waals surface area contributed by atoms with Gasteiger partial charge in [0.25, 0.3) is 0 Å². The van der Waals surface area contributed by atoms with Crippen molar-refractivity contribution in [3.05, 3.63) is 151 Å². The Bertz CT molecular complexity index is 1800. The van der Waals surface area contributed by atoms with Gasteiger partial charge in [0, 0.05) is 29.5 Å². The maximum Gasteiger partial charge on any atom is 0.131 e. The van der Waals surface area contributed by atoms with E-state index in [2.05, 4.69) is 152 Å². The molecule has 0 N–H and O–H groups in total. The van der Waals surface area contributed by atoms with Crippen LogP contribution in [-0.4, -0.2) is 26.2 Å². The minimum Gasteiger partial charge on any atom is -0.497 e. The zero-order chi connectivity index (χ0) is 30.5. The van der Waals surface area contributed by atoms with Crippen LogP contribution in [0.3, 0.4) is 0 Å². The molecule has 0 spiro atoms. The van der Waals surface area contributed by atoms with Gasteiger partial charge in [-0.05, 0) is 66.0 Å². The Balaban J connectivity index is 1.63. The second kappa shape index (κ2) is 13.5. The Morgan fingerprint density at radius 2 is 1.23 bits per heavy atom. The lowest BCUT2D eigenvalue weighted by Crippen LogP contribution is -2.24. The lowest BCUT2D eigenvalue weighted by molar-refractivity contribution is 0.253. The minimum absolute atomic E-state index is 0.249. The Morgan fingerprint density at radius 1 is 0.636 bits per heavy atom. The summed E-state index contributed by atoms with van der Waals surface area (Å²) in [5, 5.41) is 6.19. The van der Waals surface area contributed by atoms with Crippen molar-refractivity contribution in [3.8, 4) is 22.6 Å². The van der Waals surface area contributed by atoms with Gasteiger partial charge in [0.2, 0.25) is 0 Å². The summed E-state index contributed by atoms with van der Waals surface area (Å²) in [6.45, 7) is 3.05. The highest BCUT2D eigenvalue weighted by molar-refractivity contribution is 7.80. The number of nitrogens with zero attached hydrogens (tertiary/aromatic N) is 1. The van der Waals surface area contributed by atoms with Crippen molar-refractivity contribution >= 4 is 34.6 Å². The molecule has 3 nitrogen and oxygen atoms in total. The van der Waals surface area contributed by atoms with E-state index in [1.54, 1.807) is 14.2 Å². The van der Waals surface area contributed by atoms with Crippen LogP contribution in [0.5, 0.6) is 11.5 Å². The molecular weight excluding hydrogens is 557 g/mol. The first-order valence-electron chi connectivity index (χ1n) is 15.0. The van der Waals surface area contributed by atoms with Gasteiger partial charge in [0.05, 0.1) is 14.2 Å². The van der Waals surface area contributed by atoms with Crippen molar-refractivity contribution < 1.29 is 9.47 Å². The highest BCUT2D eigenvalue weighted by Crippen LogP contribution is 2.46. The number of fused-ring (bicyclic) bond motifs is 1. The zero-order valence-electron chi connectivity index (χ0n) is 25.8. The molecule has 4 heteroatoms. The minimum atomic E-state index is -0.945. The van der Waals surface area contributed by atoms with Gasteiger partial charge >= 0.3 is 0 Å². The molecule has 6 aromatic rings. The molecule has 0 unspecified atom stereocenters. The van der Waals surface area contributed by atoms with Crippen LogP contribution in [0.4, 0.5) is 0 Å². The van der Waals surface area contributed by atoms with Gasteiger partial charge in [-0.3, -0.25) is 4.90 Å². The van der Waals surface area contributed by atoms with Gasteiger partial charge in [0.1, 0.15) is 11.5 Å². The predicted octanol–water partition coefficient (Wildman–Crippen LogP) is 8.48. The maximum absolute atomic E-state index is 6.25. The molecule has 44 heavy (non-hydrogen) atoms. The standard InChI is InChI=1S/C40H38NO2P/c1-29(30-16-8-5-9-17-30)41(2)28-32-25-24-31-18-14-15-23-36(31)39(32)40-37(43-4)26-33(42-3)27-38(40)44(34-19-10-6-11-20-34)35-21-12-7-13-22-35/h5-27,29H,28H2,1-4H3/t29-/m1/s1. The van der Waals surface area contributed by atoms with E-state index in [1.165, 1.54) is 43.4 Å². The molecule has 0 aliphatic heterocycles. The third-order valence-electron chi connectivity index (χ3n) is 8.41. The molecule has 6 rings (SSSR count). The molecule has 0 aliphatic carbocycles. The lowest BCUT2D eigenvalue weighted by atomic mass is 9.91. The summed E-state index contributed by atoms with van der Waals surface area (Å²) in [7, 11) is 4.77. The number of methoxy groups -OCH3 is 2. The second-order valence-corrected chi connectivity index (χ2v) is 13.2. The highest BCUT2D eigenvalue weighted by atomic mass is 31.1. The van der Waals surface area contributed by atoms with Crippen LogP contribution in [0, 0.1) is 0 Å². The summed E-state index contributed by atoms with van der Waals surface area (Å²) in [6, 6.07) is 50.2. The van der Waals surface area contributed by atoms with E-state index in [-0.39, 0.29) is 6.04 Å². The fraction of sp³-hybridized carbons (Fsp3) is 0.150. The first kappa shape index (κ1) is 29.6. The fourth-order valence-corrected chi connectivity index (χ4v) is 8.50. The van der Waals surface area contributed by atoms with Gasteiger partial charge in [-0.2, -0.15) is 0 Å². The first-order chi connectivity index (χ1) is 21.6. The molecule has 0 fully saturated rings. The van der Waals surface area contributed by atoms with Gasteiger partial charge < -0.3 is 9.47 Å². The molecule has 6 aromatic carbocycles. The maximum atomic E-state index is 6.25. The number of hydrogen-bond donors (Lipinski definition) is 0. The largest absolute Gasteiger partial charge is 0.497 e. The van der Waals surface area contributed by atoms with E-state index >= 15 is 0 Å². The van der Waals surface area contributed by atoms with Gasteiger partial charge in [0.15, 0.2) is 0 Å². The van der Waals surface area contributed by atoms with Gasteiger partial charge in [-0.25, -0.2) is 0 Å². The topological polar surface area (TPSA) is 21.7 Å². The molecule has 0 saturated carbocycles. The number of hydrogen-bond acceptors (Lipinski definition) is 3. The Kier molecular flexibility index (Phi) is 9.07. The Labute approximate surface area is 262 Å². The second-order valence-electron chi connectivity index (χ2n) is 11.1. The number of ether oxygens (including phenoxy) is 2. The smallest absolute Gasteiger partial charge is 0.131 e. The van der Waals surface area contributed by atoms with Crippen molar-refractivity contribution in [3.63, 3.8) is 0 Å².